The molecule has 2 N–H and O–H groups in total. The van der Waals surface area contributed by atoms with Gasteiger partial charge in [-0.2, -0.15) is 29.8 Å². The van der Waals surface area contributed by atoms with Crippen molar-refractivity contribution in [3.05, 3.63) is 30.1 Å². The van der Waals surface area contributed by atoms with Crippen molar-refractivity contribution in [2.24, 2.45) is 0 Å². The highest BCUT2D eigenvalue weighted by molar-refractivity contribution is 5.29. The molecule has 9 nitrogen and oxygen atoms in total. The zero-order chi connectivity index (χ0) is 14.8. The van der Waals surface area contributed by atoms with Gasteiger partial charge in [-0.1, -0.05) is 13.8 Å². The van der Waals surface area contributed by atoms with Gasteiger partial charge in [0.1, 0.15) is 12.7 Å². The van der Waals surface area contributed by atoms with Crippen LogP contribution in [0.1, 0.15) is 25.2 Å². The van der Waals surface area contributed by atoms with E-state index in [-0.39, 0.29) is 5.95 Å². The van der Waals surface area contributed by atoms with Gasteiger partial charge < -0.3 is 5.73 Å². The first-order chi connectivity index (χ1) is 10.2. The summed E-state index contributed by atoms with van der Waals surface area (Å²) >= 11 is 0. The molecule has 0 bridgehead atoms. The van der Waals surface area contributed by atoms with Gasteiger partial charge in [0.05, 0.1) is 5.69 Å². The molecule has 0 atom stereocenters. The average molecular weight is 285 g/mol. The topological polar surface area (TPSA) is 113 Å². The van der Waals surface area contributed by atoms with Gasteiger partial charge in [0, 0.05) is 5.69 Å². The third-order valence-corrected chi connectivity index (χ3v) is 3.00. The summed E-state index contributed by atoms with van der Waals surface area (Å²) < 4.78 is 3.12. The summed E-state index contributed by atoms with van der Waals surface area (Å²) in [5, 5.41) is 8.49. The van der Waals surface area contributed by atoms with Crippen molar-refractivity contribution in [2.45, 2.75) is 26.7 Å². The van der Waals surface area contributed by atoms with Crippen molar-refractivity contribution >= 4 is 5.95 Å². The van der Waals surface area contributed by atoms with Crippen LogP contribution < -0.4 is 5.73 Å². The maximum atomic E-state index is 5.77. The minimum atomic E-state index is 0.112. The lowest BCUT2D eigenvalue weighted by Gasteiger charge is -2.06. The van der Waals surface area contributed by atoms with Crippen LogP contribution in [0.25, 0.3) is 11.9 Å². The smallest absolute Gasteiger partial charge is 0.258 e. The first kappa shape index (κ1) is 13.2. The van der Waals surface area contributed by atoms with Crippen LogP contribution in [-0.4, -0.2) is 39.5 Å². The molecule has 0 aliphatic carbocycles. The lowest BCUT2D eigenvalue weighted by molar-refractivity contribution is 0.716. The Morgan fingerprint density at radius 2 is 1.90 bits per heavy atom. The van der Waals surface area contributed by atoms with E-state index in [1.54, 1.807) is 4.68 Å². The molecule has 9 heteroatoms. The van der Waals surface area contributed by atoms with Crippen LogP contribution in [0.2, 0.25) is 0 Å². The van der Waals surface area contributed by atoms with E-state index in [1.807, 2.05) is 6.07 Å². The quantitative estimate of drug-likeness (QED) is 0.735. The molecule has 3 aromatic heterocycles. The van der Waals surface area contributed by atoms with E-state index in [2.05, 4.69) is 44.0 Å². The Hall–Kier alpha value is -2.84. The zero-order valence-electron chi connectivity index (χ0n) is 11.8. The Balaban J connectivity index is 2.12. The fraction of sp³-hybridized carbons (Fsp3) is 0.333. The molecule has 21 heavy (non-hydrogen) atoms. The normalized spacial score (nSPS) is 11.0. The molecular formula is C12H15N9. The third-order valence-electron chi connectivity index (χ3n) is 3.00. The van der Waals surface area contributed by atoms with Gasteiger partial charge in [0.2, 0.25) is 5.95 Å². The van der Waals surface area contributed by atoms with E-state index in [4.69, 9.17) is 5.73 Å². The van der Waals surface area contributed by atoms with Gasteiger partial charge in [-0.15, -0.1) is 0 Å². The Labute approximate surface area is 120 Å². The molecule has 0 amide bonds. The lowest BCUT2D eigenvalue weighted by Crippen LogP contribution is -2.13. The van der Waals surface area contributed by atoms with Crippen molar-refractivity contribution in [1.29, 1.82) is 0 Å². The van der Waals surface area contributed by atoms with E-state index >= 15 is 0 Å². The zero-order valence-corrected chi connectivity index (χ0v) is 11.8. The Kier molecular flexibility index (Phi) is 3.30. The molecule has 3 aromatic rings. The molecule has 0 aliphatic rings. The summed E-state index contributed by atoms with van der Waals surface area (Å²) in [5.74, 6) is 0.802. The maximum absolute atomic E-state index is 5.77. The fourth-order valence-corrected chi connectivity index (χ4v) is 1.95. The number of hydrogen-bond donors (Lipinski definition) is 1. The number of anilines is 1. The van der Waals surface area contributed by atoms with Crippen LogP contribution in [0.15, 0.2) is 18.7 Å². The molecule has 3 rings (SSSR count). The highest BCUT2D eigenvalue weighted by Gasteiger charge is 2.13. The van der Waals surface area contributed by atoms with E-state index in [0.717, 1.165) is 24.2 Å². The fourth-order valence-electron chi connectivity index (χ4n) is 1.95. The molecule has 3 heterocycles. The Morgan fingerprint density at radius 3 is 2.57 bits per heavy atom. The van der Waals surface area contributed by atoms with Crippen LogP contribution in [0.5, 0.6) is 0 Å². The largest absolute Gasteiger partial charge is 0.368 e. The Morgan fingerprint density at radius 1 is 1.10 bits per heavy atom. The van der Waals surface area contributed by atoms with Crippen LogP contribution in [0.4, 0.5) is 5.95 Å². The van der Waals surface area contributed by atoms with E-state index in [9.17, 15) is 0 Å². The number of nitrogen functional groups attached to an aromatic ring is 1. The summed E-state index contributed by atoms with van der Waals surface area (Å²) in [6.45, 7) is 4.10. The van der Waals surface area contributed by atoms with E-state index in [0.29, 0.717) is 11.9 Å². The van der Waals surface area contributed by atoms with Crippen molar-refractivity contribution in [3.8, 4) is 11.9 Å². The number of nitrogens with two attached hydrogens (primary N) is 1. The number of aromatic nitrogens is 8. The van der Waals surface area contributed by atoms with Crippen molar-refractivity contribution in [2.75, 3.05) is 5.73 Å². The van der Waals surface area contributed by atoms with Crippen molar-refractivity contribution in [3.63, 3.8) is 0 Å². The summed E-state index contributed by atoms with van der Waals surface area (Å²) in [7, 11) is 0. The molecule has 0 aliphatic heterocycles. The minimum Gasteiger partial charge on any atom is -0.368 e. The van der Waals surface area contributed by atoms with Crippen LogP contribution in [-0.2, 0) is 12.8 Å². The first-order valence-electron chi connectivity index (χ1n) is 6.66. The lowest BCUT2D eigenvalue weighted by atomic mass is 10.3. The molecule has 0 radical (unpaired) electrons. The SMILES string of the molecule is CCc1cc(CC)n(-c2nc(N)nc(-n3cncn3)n2)n1. The van der Waals surface area contributed by atoms with Crippen molar-refractivity contribution in [1.82, 2.24) is 39.5 Å². The number of rotatable bonds is 4. The van der Waals surface area contributed by atoms with Gasteiger partial charge in [-0.3, -0.25) is 0 Å². The molecule has 0 saturated heterocycles. The Bertz CT molecular complexity index is 744. The highest BCUT2D eigenvalue weighted by atomic mass is 15.4. The second-order valence-electron chi connectivity index (χ2n) is 4.38. The second kappa shape index (κ2) is 5.27. The van der Waals surface area contributed by atoms with Gasteiger partial charge in [-0.25, -0.2) is 9.67 Å². The standard InChI is InChI=1S/C12H15N9/c1-3-8-5-9(4-2)21(19-8)12-17-10(13)16-11(18-12)20-7-14-6-15-20/h5-7H,3-4H2,1-2H3,(H2,13,16,17,18). The summed E-state index contributed by atoms with van der Waals surface area (Å²) in [5.41, 5.74) is 7.76. The van der Waals surface area contributed by atoms with E-state index in [1.165, 1.54) is 17.3 Å². The number of aryl methyl sites for hydroxylation is 2. The monoisotopic (exact) mass is 285 g/mol. The van der Waals surface area contributed by atoms with Crippen molar-refractivity contribution < 1.29 is 0 Å². The molecule has 0 spiro atoms. The third kappa shape index (κ3) is 2.45. The predicted octanol–water partition coefficient (Wildman–Crippen LogP) is 0.345. The molecule has 0 unspecified atom stereocenters. The molecule has 108 valence electrons. The van der Waals surface area contributed by atoms with E-state index < -0.39 is 0 Å². The first-order valence-corrected chi connectivity index (χ1v) is 6.66. The summed E-state index contributed by atoms with van der Waals surface area (Å²) in [4.78, 5) is 16.5. The van der Waals surface area contributed by atoms with Gasteiger partial charge in [0.25, 0.3) is 11.9 Å². The van der Waals surface area contributed by atoms with Crippen LogP contribution >= 0.6 is 0 Å². The highest BCUT2D eigenvalue weighted by Crippen LogP contribution is 2.12. The minimum absolute atomic E-state index is 0.112. The van der Waals surface area contributed by atoms with Gasteiger partial charge in [0.15, 0.2) is 0 Å². The number of hydrogen-bond acceptors (Lipinski definition) is 7. The maximum Gasteiger partial charge on any atom is 0.258 e. The molecule has 0 aromatic carbocycles. The molecule has 0 saturated carbocycles. The van der Waals surface area contributed by atoms with Crippen LogP contribution in [0.3, 0.4) is 0 Å². The van der Waals surface area contributed by atoms with Crippen LogP contribution in [0, 0.1) is 0 Å². The molecular weight excluding hydrogens is 270 g/mol. The summed E-state index contributed by atoms with van der Waals surface area (Å²) in [6.07, 6.45) is 4.56. The number of nitrogens with zero attached hydrogens (tertiary/aromatic N) is 8. The predicted molar refractivity (Wildman–Crippen MR) is 75.0 cm³/mol. The molecule has 0 fully saturated rings. The van der Waals surface area contributed by atoms with Gasteiger partial charge >= 0.3 is 0 Å². The summed E-state index contributed by atoms with van der Waals surface area (Å²) in [6, 6.07) is 2.04. The van der Waals surface area contributed by atoms with Gasteiger partial charge in [-0.05, 0) is 18.9 Å². The second-order valence-corrected chi connectivity index (χ2v) is 4.38. The average Bonchev–Trinajstić information content (AvgIpc) is 3.15.